The minimum absolute atomic E-state index is 0.0142. The summed E-state index contributed by atoms with van der Waals surface area (Å²) in [5.74, 6) is -0.942. The summed E-state index contributed by atoms with van der Waals surface area (Å²) in [4.78, 5) is 22.2. The Bertz CT molecular complexity index is 528. The molecule has 2 rings (SSSR count). The Morgan fingerprint density at radius 1 is 1.28 bits per heavy atom. The molecule has 18 heavy (non-hydrogen) atoms. The molecule has 0 spiro atoms. The monoisotopic (exact) mass is 245 g/mol. The van der Waals surface area contributed by atoms with Gasteiger partial charge in [0.1, 0.15) is 0 Å². The smallest absolute Gasteiger partial charge is 0.335 e. The topological polar surface area (TPSA) is 66.4 Å². The quantitative estimate of drug-likeness (QED) is 0.852. The highest BCUT2D eigenvalue weighted by Gasteiger charge is 2.25. The second-order valence-corrected chi connectivity index (χ2v) is 4.54. The lowest BCUT2D eigenvalue weighted by Crippen LogP contribution is -2.30. The van der Waals surface area contributed by atoms with Gasteiger partial charge < -0.3 is 10.4 Å². The fourth-order valence-corrected chi connectivity index (χ4v) is 2.04. The van der Waals surface area contributed by atoms with Crippen LogP contribution < -0.4 is 5.32 Å². The van der Waals surface area contributed by atoms with Crippen LogP contribution in [0.3, 0.4) is 0 Å². The molecule has 1 aromatic carbocycles. The molecule has 1 amide bonds. The van der Waals surface area contributed by atoms with E-state index in [-0.39, 0.29) is 17.5 Å². The average Bonchev–Trinajstić information content (AvgIpc) is 2.58. The summed E-state index contributed by atoms with van der Waals surface area (Å²) in [5, 5.41) is 11.7. The highest BCUT2D eigenvalue weighted by molar-refractivity contribution is 5.97. The van der Waals surface area contributed by atoms with Crippen LogP contribution in [0.15, 0.2) is 35.4 Å². The van der Waals surface area contributed by atoms with Crippen LogP contribution in [0.25, 0.3) is 0 Å². The molecule has 0 saturated heterocycles. The first kappa shape index (κ1) is 12.4. The van der Waals surface area contributed by atoms with E-state index in [1.807, 2.05) is 13.8 Å². The van der Waals surface area contributed by atoms with E-state index < -0.39 is 5.97 Å². The molecule has 4 heteroatoms. The van der Waals surface area contributed by atoms with Gasteiger partial charge in [0.25, 0.3) is 0 Å². The molecule has 94 valence electrons. The lowest BCUT2D eigenvalue weighted by atomic mass is 9.99. The molecule has 2 N–H and O–H groups in total. The van der Waals surface area contributed by atoms with Crippen molar-refractivity contribution >= 4 is 11.9 Å². The molecular formula is C14H15NO3. The van der Waals surface area contributed by atoms with Crippen molar-refractivity contribution in [1.29, 1.82) is 0 Å². The van der Waals surface area contributed by atoms with Crippen LogP contribution in [-0.2, 0) is 11.2 Å². The van der Waals surface area contributed by atoms with Gasteiger partial charge in [0, 0.05) is 5.57 Å². The number of hydrogen-bond acceptors (Lipinski definition) is 2. The van der Waals surface area contributed by atoms with Crippen molar-refractivity contribution < 1.29 is 14.7 Å². The molecule has 0 saturated carbocycles. The predicted molar refractivity (Wildman–Crippen MR) is 67.4 cm³/mol. The Morgan fingerprint density at radius 2 is 1.89 bits per heavy atom. The van der Waals surface area contributed by atoms with E-state index in [1.165, 1.54) is 0 Å². The third-order valence-electron chi connectivity index (χ3n) is 3.40. The highest BCUT2D eigenvalue weighted by atomic mass is 16.4. The molecule has 1 heterocycles. The van der Waals surface area contributed by atoms with Gasteiger partial charge in [0.05, 0.1) is 11.6 Å². The third kappa shape index (κ3) is 2.27. The van der Waals surface area contributed by atoms with Gasteiger partial charge in [0.2, 0.25) is 5.91 Å². The number of nitrogens with one attached hydrogen (secondary N) is 1. The van der Waals surface area contributed by atoms with Crippen molar-refractivity contribution in [2.45, 2.75) is 26.3 Å². The number of carbonyl (C=O) groups is 2. The fourth-order valence-electron chi connectivity index (χ4n) is 2.04. The Hall–Kier alpha value is -2.10. The van der Waals surface area contributed by atoms with Crippen LogP contribution in [0, 0.1) is 0 Å². The maximum absolute atomic E-state index is 11.5. The fraction of sp³-hybridized carbons (Fsp3) is 0.286. The Balaban J connectivity index is 2.12. The first-order valence-corrected chi connectivity index (χ1v) is 5.79. The number of benzene rings is 1. The molecule has 0 fully saturated rings. The Morgan fingerprint density at radius 3 is 2.33 bits per heavy atom. The zero-order valence-electron chi connectivity index (χ0n) is 10.4. The van der Waals surface area contributed by atoms with Crippen molar-refractivity contribution in [2.24, 2.45) is 0 Å². The standard InChI is InChI=1S/C14H15NO3/c1-8-9(2)13(16)15-12(8)7-10-3-5-11(6-4-10)14(17)18/h3-6,12H,7H2,1-2H3,(H,15,16)(H,17,18)/t12-/m0/s1. The second-order valence-electron chi connectivity index (χ2n) is 4.54. The molecule has 1 atom stereocenters. The number of carboxylic acids is 1. The highest BCUT2D eigenvalue weighted by Crippen LogP contribution is 2.20. The van der Waals surface area contributed by atoms with E-state index in [2.05, 4.69) is 5.32 Å². The Labute approximate surface area is 105 Å². The zero-order chi connectivity index (χ0) is 13.3. The molecule has 0 unspecified atom stereocenters. The number of hydrogen-bond donors (Lipinski definition) is 2. The van der Waals surface area contributed by atoms with Crippen LogP contribution in [-0.4, -0.2) is 23.0 Å². The molecule has 1 aliphatic heterocycles. The van der Waals surface area contributed by atoms with Crippen LogP contribution in [0.2, 0.25) is 0 Å². The first-order chi connectivity index (χ1) is 8.49. The molecular weight excluding hydrogens is 230 g/mol. The minimum Gasteiger partial charge on any atom is -0.478 e. The van der Waals surface area contributed by atoms with Crippen molar-refractivity contribution in [3.8, 4) is 0 Å². The van der Waals surface area contributed by atoms with Crippen molar-refractivity contribution in [2.75, 3.05) is 0 Å². The van der Waals surface area contributed by atoms with E-state index in [9.17, 15) is 9.59 Å². The SMILES string of the molecule is CC1=C(C)[C@H](Cc2ccc(C(=O)O)cc2)NC1=O. The summed E-state index contributed by atoms with van der Waals surface area (Å²) in [6.07, 6.45) is 0.689. The van der Waals surface area contributed by atoms with Gasteiger partial charge >= 0.3 is 5.97 Å². The summed E-state index contributed by atoms with van der Waals surface area (Å²) in [6.45, 7) is 3.77. The van der Waals surface area contributed by atoms with Crippen molar-refractivity contribution in [3.05, 3.63) is 46.5 Å². The lowest BCUT2D eigenvalue weighted by molar-refractivity contribution is -0.117. The first-order valence-electron chi connectivity index (χ1n) is 5.79. The number of aromatic carboxylic acids is 1. The maximum atomic E-state index is 11.5. The summed E-state index contributed by atoms with van der Waals surface area (Å²) in [7, 11) is 0. The van der Waals surface area contributed by atoms with Crippen LogP contribution in [0.5, 0.6) is 0 Å². The summed E-state index contributed by atoms with van der Waals surface area (Å²) >= 11 is 0. The summed E-state index contributed by atoms with van der Waals surface area (Å²) < 4.78 is 0. The minimum atomic E-state index is -0.928. The van der Waals surface area contributed by atoms with Crippen LogP contribution in [0.1, 0.15) is 29.8 Å². The van der Waals surface area contributed by atoms with Gasteiger partial charge in [0.15, 0.2) is 0 Å². The number of amides is 1. The molecule has 4 nitrogen and oxygen atoms in total. The van der Waals surface area contributed by atoms with Crippen molar-refractivity contribution in [1.82, 2.24) is 5.32 Å². The molecule has 0 bridgehead atoms. The van der Waals surface area contributed by atoms with E-state index in [1.54, 1.807) is 24.3 Å². The van der Waals surface area contributed by atoms with Gasteiger partial charge in [-0.05, 0) is 43.5 Å². The van der Waals surface area contributed by atoms with Crippen LogP contribution in [0.4, 0.5) is 0 Å². The van der Waals surface area contributed by atoms with E-state index in [0.29, 0.717) is 6.42 Å². The second kappa shape index (κ2) is 4.64. The zero-order valence-corrected chi connectivity index (χ0v) is 10.4. The van der Waals surface area contributed by atoms with Crippen LogP contribution >= 0.6 is 0 Å². The van der Waals surface area contributed by atoms with Gasteiger partial charge in [-0.1, -0.05) is 12.1 Å². The van der Waals surface area contributed by atoms with Gasteiger partial charge in [-0.15, -0.1) is 0 Å². The molecule has 0 aliphatic carbocycles. The average molecular weight is 245 g/mol. The van der Waals surface area contributed by atoms with Crippen molar-refractivity contribution in [3.63, 3.8) is 0 Å². The predicted octanol–water partition coefficient (Wildman–Crippen LogP) is 1.76. The molecule has 1 aromatic rings. The summed E-state index contributed by atoms with van der Waals surface area (Å²) in [5.41, 5.74) is 3.13. The van der Waals surface area contributed by atoms with E-state index in [4.69, 9.17) is 5.11 Å². The lowest BCUT2D eigenvalue weighted by Gasteiger charge is -2.12. The molecule has 0 radical (unpaired) electrons. The van der Waals surface area contributed by atoms with Gasteiger partial charge in [-0.3, -0.25) is 4.79 Å². The Kier molecular flexibility index (Phi) is 3.19. The largest absolute Gasteiger partial charge is 0.478 e. The molecule has 0 aromatic heterocycles. The van der Waals surface area contributed by atoms with E-state index >= 15 is 0 Å². The van der Waals surface area contributed by atoms with Gasteiger partial charge in [-0.2, -0.15) is 0 Å². The third-order valence-corrected chi connectivity index (χ3v) is 3.40. The molecule has 1 aliphatic rings. The maximum Gasteiger partial charge on any atom is 0.335 e. The van der Waals surface area contributed by atoms with Gasteiger partial charge in [-0.25, -0.2) is 4.79 Å². The normalized spacial score (nSPS) is 19.0. The number of rotatable bonds is 3. The van der Waals surface area contributed by atoms with E-state index in [0.717, 1.165) is 16.7 Å². The number of carbonyl (C=O) groups excluding carboxylic acids is 1. The number of carboxylic acid groups (broad SMARTS) is 1. The summed E-state index contributed by atoms with van der Waals surface area (Å²) in [6, 6.07) is 6.77.